The van der Waals surface area contributed by atoms with Crippen molar-refractivity contribution in [3.05, 3.63) is 59.9 Å². The maximum absolute atomic E-state index is 13.1. The summed E-state index contributed by atoms with van der Waals surface area (Å²) in [4.78, 5) is 25.9. The highest BCUT2D eigenvalue weighted by Crippen LogP contribution is 2.33. The largest absolute Gasteiger partial charge is 0.493 e. The van der Waals surface area contributed by atoms with Crippen molar-refractivity contribution in [1.82, 2.24) is 0 Å². The molecular weight excluding hydrogens is 596 g/mol. The van der Waals surface area contributed by atoms with E-state index in [1.54, 1.807) is 6.08 Å². The lowest BCUT2D eigenvalue weighted by atomic mass is 9.91. The van der Waals surface area contributed by atoms with Crippen LogP contribution in [0.5, 0.6) is 5.75 Å². The van der Waals surface area contributed by atoms with Crippen molar-refractivity contribution in [3.63, 3.8) is 0 Å². The molecule has 47 heavy (non-hydrogen) atoms. The monoisotopic (exact) mass is 652 g/mol. The fourth-order valence-electron chi connectivity index (χ4n) is 6.50. The van der Waals surface area contributed by atoms with E-state index < -0.39 is 24.3 Å². The molecule has 2 unspecified atom stereocenters. The van der Waals surface area contributed by atoms with Gasteiger partial charge in [-0.25, -0.2) is 4.79 Å². The van der Waals surface area contributed by atoms with Gasteiger partial charge in [-0.15, -0.1) is 5.73 Å². The minimum Gasteiger partial charge on any atom is -0.493 e. The Morgan fingerprint density at radius 3 is 2.45 bits per heavy atom. The second kappa shape index (κ2) is 20.6. The van der Waals surface area contributed by atoms with Crippen LogP contribution in [-0.4, -0.2) is 57.1 Å². The summed E-state index contributed by atoms with van der Waals surface area (Å²) in [5.74, 6) is -1.02. The molecule has 3 fully saturated rings. The molecule has 2 aliphatic heterocycles. The van der Waals surface area contributed by atoms with Crippen LogP contribution in [0, 0.1) is 11.8 Å². The van der Waals surface area contributed by atoms with E-state index in [0.29, 0.717) is 45.5 Å². The fourth-order valence-corrected chi connectivity index (χ4v) is 6.50. The number of methoxy groups -OCH3 is 1. The van der Waals surface area contributed by atoms with E-state index in [1.165, 1.54) is 38.4 Å². The van der Waals surface area contributed by atoms with Gasteiger partial charge >= 0.3 is 5.97 Å². The quantitative estimate of drug-likeness (QED) is 0.0486. The molecule has 0 N–H and O–H groups in total. The average Bonchev–Trinajstić information content (AvgIpc) is 3.45. The number of aryl methyl sites for hydroxylation is 1. The molecule has 1 aromatic carbocycles. The van der Waals surface area contributed by atoms with Gasteiger partial charge in [-0.2, -0.15) is 0 Å². The van der Waals surface area contributed by atoms with Crippen LogP contribution in [0.15, 0.2) is 54.3 Å². The number of Topliss-reactive ketones (excluding diaryl/α,β-unsaturated/α-hetero) is 1. The molecular formula is C39H56O8. The Morgan fingerprint density at radius 1 is 1.00 bits per heavy atom. The van der Waals surface area contributed by atoms with Gasteiger partial charge in [0.05, 0.1) is 13.7 Å². The van der Waals surface area contributed by atoms with Crippen LogP contribution in [0.1, 0.15) is 109 Å². The van der Waals surface area contributed by atoms with Crippen molar-refractivity contribution < 1.29 is 38.0 Å². The van der Waals surface area contributed by atoms with E-state index in [4.69, 9.17) is 28.4 Å². The summed E-state index contributed by atoms with van der Waals surface area (Å²) in [6.07, 6.45) is 21.0. The molecule has 3 aliphatic rings. The lowest BCUT2D eigenvalue weighted by molar-refractivity contribution is -0.350. The smallest absolute Gasteiger partial charge is 0.367 e. The number of carbonyl (C=O) groups excluding carboxylic acids is 2. The predicted octanol–water partition coefficient (Wildman–Crippen LogP) is 8.18. The SMILES string of the molecule is CCCCCCc1cccc(OCC/C=C/[C@H]2CCC(=O)[C@@H]2CC=C=CCC(OC2CCCCO2)(OC2CCCCO2)C(=O)OC)c1. The van der Waals surface area contributed by atoms with Crippen LogP contribution in [-0.2, 0) is 39.7 Å². The van der Waals surface area contributed by atoms with Gasteiger partial charge in [-0.1, -0.05) is 50.5 Å². The van der Waals surface area contributed by atoms with Gasteiger partial charge < -0.3 is 28.4 Å². The Bertz CT molecular complexity index is 1150. The topological polar surface area (TPSA) is 89.5 Å². The lowest BCUT2D eigenvalue weighted by Gasteiger charge is -2.38. The lowest BCUT2D eigenvalue weighted by Crippen LogP contribution is -2.51. The first-order valence-electron chi connectivity index (χ1n) is 18.0. The highest BCUT2D eigenvalue weighted by Gasteiger charge is 2.47. The van der Waals surface area contributed by atoms with Crippen molar-refractivity contribution in [2.45, 2.75) is 128 Å². The summed E-state index contributed by atoms with van der Waals surface area (Å²) in [7, 11) is 1.33. The Morgan fingerprint density at radius 2 is 1.77 bits per heavy atom. The molecule has 0 bridgehead atoms. The van der Waals surface area contributed by atoms with Crippen LogP contribution in [0.3, 0.4) is 0 Å². The summed E-state index contributed by atoms with van der Waals surface area (Å²) >= 11 is 0. The third-order valence-corrected chi connectivity index (χ3v) is 9.20. The van der Waals surface area contributed by atoms with E-state index in [-0.39, 0.29) is 24.0 Å². The van der Waals surface area contributed by atoms with Crippen LogP contribution in [0.2, 0.25) is 0 Å². The number of ketones is 1. The minimum absolute atomic E-state index is 0.0819. The maximum Gasteiger partial charge on any atom is 0.367 e. The number of benzene rings is 1. The molecule has 0 spiro atoms. The van der Waals surface area contributed by atoms with Crippen molar-refractivity contribution in [2.75, 3.05) is 26.9 Å². The second-order valence-electron chi connectivity index (χ2n) is 12.9. The number of ether oxygens (including phenoxy) is 6. The standard InChI is InChI=1S/C39H56O8/c1-3-4-5-7-17-31-18-16-20-33(30-31)43-27-13-9-19-32-24-25-35(40)34(32)21-8-6-12-26-39(38(41)42-2,46-36-22-10-14-28-44-36)47-37-23-11-15-29-45-37/h8-9,12,16,18-20,30,32,34,36-37H,3-5,7,10-11,13-15,17,21-29H2,1-2H3/b19-9+/t6?,32-,34+,36?,37?,39?/m0/s1. The molecule has 8 heteroatoms. The first-order valence-corrected chi connectivity index (χ1v) is 18.0. The molecule has 0 amide bonds. The van der Waals surface area contributed by atoms with Gasteiger partial charge in [0.1, 0.15) is 11.5 Å². The minimum atomic E-state index is -1.70. The third-order valence-electron chi connectivity index (χ3n) is 9.20. The van der Waals surface area contributed by atoms with Gasteiger partial charge in [-0.3, -0.25) is 4.79 Å². The van der Waals surface area contributed by atoms with Gasteiger partial charge in [0, 0.05) is 32.0 Å². The highest BCUT2D eigenvalue weighted by molar-refractivity contribution is 5.83. The molecule has 4 rings (SSSR count). The Labute approximate surface area is 281 Å². The number of hydrogen-bond acceptors (Lipinski definition) is 8. The molecule has 0 aromatic heterocycles. The number of carbonyl (C=O) groups is 2. The zero-order chi connectivity index (χ0) is 33.2. The predicted molar refractivity (Wildman–Crippen MR) is 181 cm³/mol. The molecule has 4 atom stereocenters. The average molecular weight is 653 g/mol. The Kier molecular flexibility index (Phi) is 16.2. The number of hydrogen-bond donors (Lipinski definition) is 0. The zero-order valence-electron chi connectivity index (χ0n) is 28.6. The number of allylic oxidation sites excluding steroid dienone is 1. The summed E-state index contributed by atoms with van der Waals surface area (Å²) < 4.78 is 35.2. The second-order valence-corrected chi connectivity index (χ2v) is 12.9. The summed E-state index contributed by atoms with van der Waals surface area (Å²) in [6, 6.07) is 8.42. The van der Waals surface area contributed by atoms with E-state index >= 15 is 0 Å². The first-order chi connectivity index (χ1) is 23.0. The molecule has 1 aromatic rings. The maximum atomic E-state index is 13.1. The first kappa shape index (κ1) is 37.1. The van der Waals surface area contributed by atoms with Gasteiger partial charge in [0.2, 0.25) is 0 Å². The van der Waals surface area contributed by atoms with Crippen molar-refractivity contribution in [1.29, 1.82) is 0 Å². The van der Waals surface area contributed by atoms with Crippen LogP contribution < -0.4 is 4.74 Å². The molecule has 0 radical (unpaired) electrons. The summed E-state index contributed by atoms with van der Waals surface area (Å²) in [5, 5.41) is 0. The molecule has 2 heterocycles. The Hall–Kier alpha value is -2.74. The normalized spacial score (nSPS) is 24.4. The van der Waals surface area contributed by atoms with E-state index in [1.807, 2.05) is 12.1 Å². The Balaban J connectivity index is 1.29. The number of rotatable bonds is 19. The van der Waals surface area contributed by atoms with E-state index in [2.05, 4.69) is 43.0 Å². The van der Waals surface area contributed by atoms with Crippen molar-refractivity contribution >= 4 is 11.8 Å². The van der Waals surface area contributed by atoms with Gasteiger partial charge in [0.25, 0.3) is 5.79 Å². The van der Waals surface area contributed by atoms with Crippen LogP contribution in [0.4, 0.5) is 0 Å². The molecule has 1 saturated carbocycles. The van der Waals surface area contributed by atoms with Gasteiger partial charge in [0.15, 0.2) is 12.6 Å². The van der Waals surface area contributed by atoms with Crippen molar-refractivity contribution in [3.8, 4) is 5.75 Å². The molecule has 8 nitrogen and oxygen atoms in total. The van der Waals surface area contributed by atoms with Crippen LogP contribution in [0.25, 0.3) is 0 Å². The fraction of sp³-hybridized carbons (Fsp3) is 0.667. The zero-order valence-corrected chi connectivity index (χ0v) is 28.6. The van der Waals surface area contributed by atoms with E-state index in [9.17, 15) is 9.59 Å². The van der Waals surface area contributed by atoms with Crippen LogP contribution >= 0.6 is 0 Å². The summed E-state index contributed by atoms with van der Waals surface area (Å²) in [6.45, 7) is 3.98. The summed E-state index contributed by atoms with van der Waals surface area (Å²) in [5.41, 5.74) is 4.51. The number of unbranched alkanes of at least 4 members (excludes halogenated alkanes) is 3. The van der Waals surface area contributed by atoms with Gasteiger partial charge in [-0.05, 0) is 106 Å². The molecule has 260 valence electrons. The third kappa shape index (κ3) is 12.3. The highest BCUT2D eigenvalue weighted by atomic mass is 16.8. The molecule has 2 saturated heterocycles. The molecule has 1 aliphatic carbocycles. The van der Waals surface area contributed by atoms with E-state index in [0.717, 1.165) is 50.7 Å². The number of esters is 1. The van der Waals surface area contributed by atoms with Crippen molar-refractivity contribution in [2.24, 2.45) is 11.8 Å².